The topological polar surface area (TPSA) is 59.7 Å². The fraction of sp³-hybridized carbons (Fsp3) is 0.267. The molecule has 1 atom stereocenters. The number of carboxylic acids is 1. The number of aromatic carboxylic acids is 1. The predicted molar refractivity (Wildman–Crippen MR) is 70.1 cm³/mol. The van der Waals surface area contributed by atoms with Crippen LogP contribution in [0, 0.1) is 6.92 Å². The molecule has 0 aliphatic carbocycles. The minimum Gasteiger partial charge on any atom is -0.475 e. The van der Waals surface area contributed by atoms with Crippen LogP contribution in [0.3, 0.4) is 0 Å². The van der Waals surface area contributed by atoms with Gasteiger partial charge < -0.3 is 14.3 Å². The Hall–Kier alpha value is -2.07. The molecule has 4 heteroatoms. The molecule has 0 amide bonds. The van der Waals surface area contributed by atoms with Gasteiger partial charge in [-0.05, 0) is 25.5 Å². The average molecular weight is 260 g/mol. The molecule has 1 heterocycles. The summed E-state index contributed by atoms with van der Waals surface area (Å²) >= 11 is 0. The van der Waals surface area contributed by atoms with E-state index in [4.69, 9.17) is 14.3 Å². The van der Waals surface area contributed by atoms with E-state index in [0.717, 1.165) is 11.1 Å². The van der Waals surface area contributed by atoms with Crippen LogP contribution in [-0.4, -0.2) is 11.1 Å². The molecular formula is C15H16O4. The molecule has 19 heavy (non-hydrogen) atoms. The van der Waals surface area contributed by atoms with E-state index in [-0.39, 0.29) is 11.9 Å². The van der Waals surface area contributed by atoms with Crippen LogP contribution >= 0.6 is 0 Å². The Morgan fingerprint density at radius 1 is 1.37 bits per heavy atom. The second-order valence-electron chi connectivity index (χ2n) is 4.36. The van der Waals surface area contributed by atoms with Crippen molar-refractivity contribution < 1.29 is 19.1 Å². The first kappa shape index (κ1) is 13.4. The third-order valence-electron chi connectivity index (χ3n) is 2.99. The average Bonchev–Trinajstić information content (AvgIpc) is 2.79. The highest BCUT2D eigenvalue weighted by Gasteiger charge is 2.14. The minimum absolute atomic E-state index is 0.0521. The van der Waals surface area contributed by atoms with Gasteiger partial charge in [-0.2, -0.15) is 0 Å². The number of rotatable bonds is 5. The molecule has 2 aromatic rings. The number of benzene rings is 1. The first-order valence-corrected chi connectivity index (χ1v) is 6.07. The number of ether oxygens (including phenoxy) is 1. The lowest BCUT2D eigenvalue weighted by Gasteiger charge is -2.12. The van der Waals surface area contributed by atoms with Crippen LogP contribution in [-0.2, 0) is 11.3 Å². The summed E-state index contributed by atoms with van der Waals surface area (Å²) in [5, 5.41) is 8.84. The minimum atomic E-state index is -1.06. The summed E-state index contributed by atoms with van der Waals surface area (Å²) in [5.74, 6) is -0.536. The maximum Gasteiger partial charge on any atom is 0.371 e. The molecule has 0 aliphatic heterocycles. The summed E-state index contributed by atoms with van der Waals surface area (Å²) in [6, 6.07) is 11.4. The van der Waals surface area contributed by atoms with Crippen molar-refractivity contribution in [2.75, 3.05) is 0 Å². The van der Waals surface area contributed by atoms with Gasteiger partial charge in [-0.25, -0.2) is 4.79 Å². The molecular weight excluding hydrogens is 244 g/mol. The van der Waals surface area contributed by atoms with Crippen LogP contribution in [0.5, 0.6) is 0 Å². The van der Waals surface area contributed by atoms with E-state index in [9.17, 15) is 4.79 Å². The van der Waals surface area contributed by atoms with E-state index in [2.05, 4.69) is 0 Å². The molecule has 0 fully saturated rings. The highest BCUT2D eigenvalue weighted by molar-refractivity contribution is 5.84. The molecule has 100 valence electrons. The summed E-state index contributed by atoms with van der Waals surface area (Å²) < 4.78 is 10.9. The molecule has 0 saturated carbocycles. The third-order valence-corrected chi connectivity index (χ3v) is 2.99. The van der Waals surface area contributed by atoms with Crippen molar-refractivity contribution in [2.24, 2.45) is 0 Å². The van der Waals surface area contributed by atoms with Gasteiger partial charge in [0, 0.05) is 5.56 Å². The van der Waals surface area contributed by atoms with Gasteiger partial charge in [-0.15, -0.1) is 0 Å². The number of furan rings is 1. The summed E-state index contributed by atoms with van der Waals surface area (Å²) in [4.78, 5) is 10.8. The van der Waals surface area contributed by atoms with E-state index >= 15 is 0 Å². The standard InChI is InChI=1S/C15H16O4/c1-10(12-6-4-3-5-7-12)18-9-13-8-14(15(16)17)19-11(13)2/h3-8,10H,9H2,1-2H3,(H,16,17). The predicted octanol–water partition coefficient (Wildman–Crippen LogP) is 3.56. The van der Waals surface area contributed by atoms with E-state index in [0.29, 0.717) is 12.4 Å². The Bertz CT molecular complexity index is 557. The first-order chi connectivity index (χ1) is 9.08. The van der Waals surface area contributed by atoms with Gasteiger partial charge in [0.25, 0.3) is 0 Å². The number of hydrogen-bond acceptors (Lipinski definition) is 3. The highest BCUT2D eigenvalue weighted by atomic mass is 16.5. The molecule has 0 aliphatic rings. The lowest BCUT2D eigenvalue weighted by molar-refractivity contribution is 0.0519. The van der Waals surface area contributed by atoms with Crippen molar-refractivity contribution in [1.82, 2.24) is 0 Å². The van der Waals surface area contributed by atoms with Gasteiger partial charge in [-0.3, -0.25) is 0 Å². The van der Waals surface area contributed by atoms with E-state index < -0.39 is 5.97 Å². The lowest BCUT2D eigenvalue weighted by Crippen LogP contribution is -2.00. The van der Waals surface area contributed by atoms with Crippen molar-refractivity contribution in [3.63, 3.8) is 0 Å². The molecule has 4 nitrogen and oxygen atoms in total. The van der Waals surface area contributed by atoms with Crippen LogP contribution in [0.1, 0.15) is 40.5 Å². The van der Waals surface area contributed by atoms with Crippen molar-refractivity contribution in [3.05, 3.63) is 59.0 Å². The summed E-state index contributed by atoms with van der Waals surface area (Å²) in [5.41, 5.74) is 1.85. The van der Waals surface area contributed by atoms with E-state index in [1.807, 2.05) is 37.3 Å². The highest BCUT2D eigenvalue weighted by Crippen LogP contribution is 2.21. The summed E-state index contributed by atoms with van der Waals surface area (Å²) in [6.45, 7) is 4.03. The normalized spacial score (nSPS) is 12.3. The second kappa shape index (κ2) is 5.71. The van der Waals surface area contributed by atoms with Crippen LogP contribution in [0.15, 0.2) is 40.8 Å². The monoisotopic (exact) mass is 260 g/mol. The molecule has 1 unspecified atom stereocenters. The van der Waals surface area contributed by atoms with Crippen LogP contribution in [0.4, 0.5) is 0 Å². The van der Waals surface area contributed by atoms with Crippen LogP contribution in [0.25, 0.3) is 0 Å². The van der Waals surface area contributed by atoms with E-state index in [1.54, 1.807) is 6.92 Å². The maximum atomic E-state index is 10.8. The van der Waals surface area contributed by atoms with E-state index in [1.165, 1.54) is 6.07 Å². The maximum absolute atomic E-state index is 10.8. The van der Waals surface area contributed by atoms with Gasteiger partial charge >= 0.3 is 5.97 Å². The smallest absolute Gasteiger partial charge is 0.371 e. The number of hydrogen-bond donors (Lipinski definition) is 1. The number of carboxylic acid groups (broad SMARTS) is 1. The molecule has 0 radical (unpaired) electrons. The van der Waals surface area contributed by atoms with Crippen LogP contribution < -0.4 is 0 Å². The fourth-order valence-electron chi connectivity index (χ4n) is 1.80. The molecule has 1 N–H and O–H groups in total. The van der Waals surface area contributed by atoms with Gasteiger partial charge in [0.1, 0.15) is 5.76 Å². The van der Waals surface area contributed by atoms with Crippen molar-refractivity contribution >= 4 is 5.97 Å². The third kappa shape index (κ3) is 3.23. The zero-order chi connectivity index (χ0) is 13.8. The van der Waals surface area contributed by atoms with Gasteiger partial charge in [-0.1, -0.05) is 30.3 Å². The zero-order valence-electron chi connectivity index (χ0n) is 10.9. The number of carbonyl (C=O) groups is 1. The second-order valence-corrected chi connectivity index (χ2v) is 4.36. The Balaban J connectivity index is 2.01. The SMILES string of the molecule is Cc1oc(C(=O)O)cc1COC(C)c1ccccc1. The Kier molecular flexibility index (Phi) is 4.02. The van der Waals surface area contributed by atoms with Gasteiger partial charge in [0.05, 0.1) is 12.7 Å². The summed E-state index contributed by atoms with van der Waals surface area (Å²) in [7, 11) is 0. The molecule has 0 spiro atoms. The molecule has 1 aromatic carbocycles. The van der Waals surface area contributed by atoms with Crippen molar-refractivity contribution in [2.45, 2.75) is 26.6 Å². The fourth-order valence-corrected chi connectivity index (χ4v) is 1.80. The molecule has 0 saturated heterocycles. The zero-order valence-corrected chi connectivity index (χ0v) is 10.9. The van der Waals surface area contributed by atoms with Crippen molar-refractivity contribution in [3.8, 4) is 0 Å². The molecule has 1 aromatic heterocycles. The Morgan fingerprint density at radius 3 is 2.63 bits per heavy atom. The molecule has 0 bridgehead atoms. The largest absolute Gasteiger partial charge is 0.475 e. The lowest BCUT2D eigenvalue weighted by atomic mass is 10.1. The number of aryl methyl sites for hydroxylation is 1. The summed E-state index contributed by atoms with van der Waals surface area (Å²) in [6.07, 6.45) is -0.0521. The van der Waals surface area contributed by atoms with Gasteiger partial charge in [0.15, 0.2) is 0 Å². The Labute approximate surface area is 111 Å². The Morgan fingerprint density at radius 2 is 2.05 bits per heavy atom. The van der Waals surface area contributed by atoms with Gasteiger partial charge in [0.2, 0.25) is 5.76 Å². The molecule has 2 rings (SSSR count). The quantitative estimate of drug-likeness (QED) is 0.892. The first-order valence-electron chi connectivity index (χ1n) is 6.07. The van der Waals surface area contributed by atoms with Crippen LogP contribution in [0.2, 0.25) is 0 Å². The van der Waals surface area contributed by atoms with Crippen molar-refractivity contribution in [1.29, 1.82) is 0 Å².